The van der Waals surface area contributed by atoms with Crippen LogP contribution >= 0.6 is 0 Å². The fourth-order valence-electron chi connectivity index (χ4n) is 14.5. The molecule has 18 rings (SSSR count). The summed E-state index contributed by atoms with van der Waals surface area (Å²) in [6.45, 7) is 19.5. The molecular formula is C118H114FKN14O7. The number of benzene rings is 12. The number of carbonyl (C=O) groups excluding carboxylic acids is 2. The van der Waals surface area contributed by atoms with E-state index in [4.69, 9.17) is 64.0 Å². The zero-order chi connectivity index (χ0) is 97.9. The van der Waals surface area contributed by atoms with E-state index in [1.54, 1.807) is 32.1 Å². The number of nitrogens with zero attached hydrogens (tertiary/aromatic N) is 12. The van der Waals surface area contributed by atoms with Crippen LogP contribution in [-0.2, 0) is 44.7 Å². The first-order valence-corrected chi connectivity index (χ1v) is 44.7. The van der Waals surface area contributed by atoms with Crippen molar-refractivity contribution in [2.75, 3.05) is 38.5 Å². The first-order valence-electron chi connectivity index (χ1n) is 44.7. The molecule has 2 atom stereocenters. The van der Waals surface area contributed by atoms with Crippen LogP contribution in [0.3, 0.4) is 0 Å². The number of aromatic nitrogens is 10. The van der Waals surface area contributed by atoms with Crippen molar-refractivity contribution in [2.45, 2.75) is 94.3 Å². The molecule has 706 valence electrons. The van der Waals surface area contributed by atoms with E-state index in [9.17, 15) is 29.5 Å². The van der Waals surface area contributed by atoms with E-state index < -0.39 is 0 Å². The van der Waals surface area contributed by atoms with Gasteiger partial charge in [-0.15, -0.1) is 6.42 Å². The molecule has 0 aliphatic rings. The summed E-state index contributed by atoms with van der Waals surface area (Å²) in [5.41, 5.74) is 31.8. The van der Waals surface area contributed by atoms with Crippen LogP contribution in [0.1, 0.15) is 109 Å². The third kappa shape index (κ3) is 30.3. The van der Waals surface area contributed by atoms with Gasteiger partial charge in [-0.1, -0.05) is 396 Å². The third-order valence-electron chi connectivity index (χ3n) is 21.0. The van der Waals surface area contributed by atoms with E-state index in [0.29, 0.717) is 126 Å². The molecule has 0 amide bonds. The monoisotopic (exact) mass is 1900 g/mol. The van der Waals surface area contributed by atoms with Crippen molar-refractivity contribution in [3.8, 4) is 132 Å². The first kappa shape index (κ1) is 110. The van der Waals surface area contributed by atoms with Gasteiger partial charge in [-0.3, -0.25) is 23.4 Å². The first-order chi connectivity index (χ1) is 67.5. The molecular weight excluding hydrogens is 1780 g/mol. The SMILES string of the molecule is C.C.C#Cc1c(-c2ccccc2)nc(-c2ccccc2)c2nc(Cc3ccccc3)c(O)n12.CC#Cc1nc(N)c(-c2ccccc2)nc1-c1ccccc1.CCO.CCOC(C)C(=O)Cc1ccccc1.CCOC(C)C(=O)Cc1ccccc1.CF.N#Cc1c(-c2ccccc2)nc(-c2ccccc2)c2nc(Cc3ccccc3)c(O)n12.[C-]#[N+]c1nc(N)c(-c2ccccc2)nc1-c1ccccc1.[H-].[K+]. The maximum absolute atomic E-state index is 11.6. The van der Waals surface area contributed by atoms with Crippen molar-refractivity contribution in [1.29, 1.82) is 5.26 Å². The van der Waals surface area contributed by atoms with Gasteiger partial charge in [0, 0.05) is 84.4 Å². The van der Waals surface area contributed by atoms with Crippen LogP contribution in [0.15, 0.2) is 364 Å². The second-order valence-electron chi connectivity index (χ2n) is 30.4. The number of nitriles is 1. The van der Waals surface area contributed by atoms with Crippen LogP contribution in [0.4, 0.5) is 21.8 Å². The van der Waals surface area contributed by atoms with Crippen LogP contribution in [0.5, 0.6) is 11.8 Å². The average molecular weight is 1900 g/mol. The number of hydrogen-bond acceptors (Lipinski definition) is 18. The molecule has 0 saturated carbocycles. The normalized spacial score (nSPS) is 10.4. The predicted molar refractivity (Wildman–Crippen MR) is 562 cm³/mol. The van der Waals surface area contributed by atoms with Crippen LogP contribution in [0.2, 0.25) is 0 Å². The summed E-state index contributed by atoms with van der Waals surface area (Å²) in [6.07, 6.45) is 7.21. The topological polar surface area (TPSA) is 305 Å². The Bertz CT molecular complexity index is 6870. The molecule has 12 aromatic carbocycles. The second-order valence-corrected chi connectivity index (χ2v) is 30.4. The molecule has 0 spiro atoms. The molecule has 7 N–H and O–H groups in total. The Morgan fingerprint density at radius 3 is 0.965 bits per heavy atom. The van der Waals surface area contributed by atoms with Gasteiger partial charge < -0.3 is 42.5 Å². The fraction of sp³-hybridized carbons (Fsp3) is 0.153. The maximum atomic E-state index is 11.6. The Morgan fingerprint density at radius 2 is 0.667 bits per heavy atom. The Hall–Kier alpha value is -15.9. The van der Waals surface area contributed by atoms with E-state index in [1.165, 1.54) is 4.40 Å². The average Bonchev–Trinajstić information content (AvgIpc) is 1.57. The summed E-state index contributed by atoms with van der Waals surface area (Å²) in [5.74, 6) is 9.76. The summed E-state index contributed by atoms with van der Waals surface area (Å²) in [4.78, 5) is 63.9. The third-order valence-corrected chi connectivity index (χ3v) is 21.0. The van der Waals surface area contributed by atoms with Crippen molar-refractivity contribution in [3.05, 3.63) is 426 Å². The molecule has 141 heavy (non-hydrogen) atoms. The molecule has 6 heterocycles. The summed E-state index contributed by atoms with van der Waals surface area (Å²) in [6, 6.07) is 119. The number of ether oxygens (including phenoxy) is 2. The number of carbonyl (C=O) groups is 2. The van der Waals surface area contributed by atoms with E-state index in [2.05, 4.69) is 43.6 Å². The number of hydrogen-bond donors (Lipinski definition) is 5. The quantitative estimate of drug-likeness (QED) is 0.0239. The molecule has 0 aliphatic heterocycles. The molecule has 0 saturated heterocycles. The number of halogens is 1. The largest absolute Gasteiger partial charge is 1.00 e. The van der Waals surface area contributed by atoms with Gasteiger partial charge in [-0.2, -0.15) is 5.26 Å². The van der Waals surface area contributed by atoms with Gasteiger partial charge in [-0.25, -0.2) is 34.3 Å². The number of terminal acetylenes is 1. The molecule has 0 aliphatic carbocycles. The number of aliphatic hydroxyl groups is 1. The number of anilines is 2. The van der Waals surface area contributed by atoms with Crippen LogP contribution in [0.25, 0.3) is 106 Å². The number of fused-ring (bicyclic) bond motifs is 2. The van der Waals surface area contributed by atoms with Crippen molar-refractivity contribution in [3.63, 3.8) is 0 Å². The van der Waals surface area contributed by atoms with E-state index in [-0.39, 0.29) is 127 Å². The van der Waals surface area contributed by atoms with Gasteiger partial charge in [0.1, 0.15) is 80.9 Å². The van der Waals surface area contributed by atoms with Gasteiger partial charge in [0.2, 0.25) is 17.6 Å². The summed E-state index contributed by atoms with van der Waals surface area (Å²) in [7, 11) is 0.500. The Balaban J connectivity index is 0.000000233. The number of Topliss-reactive ketones (excluding diaryl/α,β-unsaturated/α-hetero) is 2. The molecule has 0 fully saturated rings. The van der Waals surface area contributed by atoms with Gasteiger partial charge in [0.05, 0.1) is 12.9 Å². The number of nitrogen functional groups attached to an aromatic ring is 2. The molecule has 2 unspecified atom stereocenters. The fourth-order valence-corrected chi connectivity index (χ4v) is 14.5. The van der Waals surface area contributed by atoms with E-state index in [0.717, 1.165) is 72.5 Å². The Kier molecular flexibility index (Phi) is 45.4. The van der Waals surface area contributed by atoms with Crippen molar-refractivity contribution < 1.29 is 91.6 Å². The number of aliphatic hydroxyl groups excluding tert-OH is 1. The minimum atomic E-state index is -0.291. The number of nitrogens with two attached hydrogens (primary N) is 2. The molecule has 0 radical (unpaired) electrons. The molecule has 6 aromatic heterocycles. The number of alkyl halides is 1. The summed E-state index contributed by atoms with van der Waals surface area (Å²) < 4.78 is 23.1. The predicted octanol–water partition coefficient (Wildman–Crippen LogP) is 21.7. The molecule has 23 heteroatoms. The minimum Gasteiger partial charge on any atom is -1.00 e. The van der Waals surface area contributed by atoms with E-state index in [1.807, 2.05) is 378 Å². The van der Waals surface area contributed by atoms with Crippen LogP contribution in [0, 0.1) is 42.1 Å². The summed E-state index contributed by atoms with van der Waals surface area (Å²) in [5, 5.41) is 39.9. The number of ketones is 2. The standard InChI is InChI=1S/C27H19N3O.C26H18N4O.C19H15N3.C17H12N4.2C12H16O2.C2H6O.CH3F.2CH4.K.H/c1-2-23-24(20-14-8-4-9-15-20)29-25(21-16-10-5-11-17-21)26-28-22(27(31)30(23)26)18-19-12-6-3-7-13-19;27-17-22-23(19-12-6-2-7-13-19)29-24(20-14-8-3-9-15-20)25-28-21(26(31)30(22)25)16-18-10-4-1-5-11-18;1-2-9-16-17(14-10-5-3-6-11-14)22-18(19(20)21-16)15-12-7-4-8-13-15;1-19-17-15(13-10-6-3-7-11-13)20-14(16(18)21-17)12-8-4-2-5-9-12;2*1-3-14-10(2)12(13)9-11-7-5-4-6-8-11;1-2-3;1-2;;;;/h1,3-17,31H,18H2;1-15,31H,16H2;3-8,10-13H,1H3,(H2,20,21);2-11H,(H2,18,21);2*4-8,10H,3,9H2,1-2H3;3H,2H2,1H3;1H3;2*1H4;;/q;;;;;;;;;;+1;-1. The summed E-state index contributed by atoms with van der Waals surface area (Å²) >= 11 is 0. The molecule has 0 bridgehead atoms. The minimum absolute atomic E-state index is 0. The van der Waals surface area contributed by atoms with Gasteiger partial charge in [0.25, 0.3) is 5.82 Å². The van der Waals surface area contributed by atoms with Gasteiger partial charge in [0.15, 0.2) is 34.4 Å². The second kappa shape index (κ2) is 58.0. The molecule has 18 aromatic rings. The zero-order valence-corrected chi connectivity index (χ0v) is 81.8. The van der Waals surface area contributed by atoms with Gasteiger partial charge in [-0.05, 0) is 81.2 Å². The number of rotatable bonds is 22. The molecule has 21 nitrogen and oxygen atoms in total. The van der Waals surface area contributed by atoms with Gasteiger partial charge >= 0.3 is 51.4 Å². The number of aromatic hydroxyl groups is 2. The smallest absolute Gasteiger partial charge is 1.00 e. The van der Waals surface area contributed by atoms with Crippen molar-refractivity contribution in [2.24, 2.45) is 0 Å². The zero-order valence-electron chi connectivity index (χ0n) is 79.7. The van der Waals surface area contributed by atoms with Crippen molar-refractivity contribution >= 4 is 40.3 Å². The van der Waals surface area contributed by atoms with Crippen LogP contribution < -0.4 is 62.9 Å². The maximum Gasteiger partial charge on any atom is 1.00 e. The van der Waals surface area contributed by atoms with Crippen LogP contribution in [-0.4, -0.2) is 115 Å². The van der Waals surface area contributed by atoms with Crippen molar-refractivity contribution in [1.82, 2.24) is 48.7 Å². The Morgan fingerprint density at radius 1 is 0.411 bits per heavy atom. The van der Waals surface area contributed by atoms with E-state index >= 15 is 0 Å². The Labute approximate surface area is 869 Å². The number of imidazole rings is 2.